The lowest BCUT2D eigenvalue weighted by Crippen LogP contribution is -2.23. The maximum absolute atomic E-state index is 4.30. The van der Waals surface area contributed by atoms with Crippen molar-refractivity contribution in [3.05, 3.63) is 75.6 Å². The average molecular weight is 388 g/mol. The van der Waals surface area contributed by atoms with Gasteiger partial charge >= 0.3 is 0 Å². The Morgan fingerprint density at radius 3 is 2.67 bits per heavy atom. The minimum atomic E-state index is 0.191. The molecule has 0 bridgehead atoms. The number of rotatable bonds is 4. The van der Waals surface area contributed by atoms with E-state index < -0.39 is 0 Å². The Bertz CT molecular complexity index is 750. The van der Waals surface area contributed by atoms with Crippen LogP contribution in [0.2, 0.25) is 0 Å². The van der Waals surface area contributed by atoms with E-state index in [9.17, 15) is 0 Å². The van der Waals surface area contributed by atoms with Gasteiger partial charge in [0.15, 0.2) is 0 Å². The van der Waals surface area contributed by atoms with Crippen molar-refractivity contribution in [2.45, 2.75) is 13.0 Å². The number of benzene rings is 2. The summed E-state index contributed by atoms with van der Waals surface area (Å²) in [5.74, 6) is 0. The molecule has 0 aliphatic rings. The summed E-state index contributed by atoms with van der Waals surface area (Å²) in [6.07, 6.45) is 3.81. The zero-order valence-corrected chi connectivity index (χ0v) is 14.0. The number of halogens is 1. The molecule has 0 aliphatic heterocycles. The van der Waals surface area contributed by atoms with Gasteiger partial charge in [0.2, 0.25) is 0 Å². The first-order chi connectivity index (χ1) is 10.3. The molecular weight excluding hydrogens is 371 g/mol. The molecule has 0 saturated carbocycles. The van der Waals surface area contributed by atoms with E-state index in [2.05, 4.69) is 88.3 Å². The second-order valence-electron chi connectivity index (χ2n) is 4.96. The Hall–Kier alpha value is -1.46. The fraction of sp³-hybridized carbons (Fsp3) is 0.167. The molecule has 1 atom stereocenters. The number of nitrogens with zero attached hydrogens (tertiary/aromatic N) is 1. The van der Waals surface area contributed by atoms with Crippen molar-refractivity contribution in [3.8, 4) is 0 Å². The summed E-state index contributed by atoms with van der Waals surface area (Å²) in [5, 5.41) is 6.06. The smallest absolute Gasteiger partial charge is 0.0593 e. The van der Waals surface area contributed by atoms with Crippen LogP contribution >= 0.6 is 22.6 Å². The van der Waals surface area contributed by atoms with Gasteiger partial charge < -0.3 is 5.32 Å². The largest absolute Gasteiger partial charge is 0.306 e. The number of pyridine rings is 1. The second kappa shape index (κ2) is 6.54. The van der Waals surface area contributed by atoms with Crippen molar-refractivity contribution in [2.24, 2.45) is 0 Å². The highest BCUT2D eigenvalue weighted by Gasteiger charge is 2.17. The lowest BCUT2D eigenvalue weighted by atomic mass is 9.94. The summed E-state index contributed by atoms with van der Waals surface area (Å²) < 4.78 is 1.28. The molecular formula is C18H17IN2. The summed E-state index contributed by atoms with van der Waals surface area (Å²) >= 11 is 2.41. The Balaban J connectivity index is 2.19. The van der Waals surface area contributed by atoms with Crippen molar-refractivity contribution in [3.63, 3.8) is 0 Å². The van der Waals surface area contributed by atoms with Crippen molar-refractivity contribution >= 4 is 33.4 Å². The molecule has 1 N–H and O–H groups in total. The third-order valence-corrected chi connectivity index (χ3v) is 4.64. The van der Waals surface area contributed by atoms with Gasteiger partial charge in [-0.25, -0.2) is 0 Å². The highest BCUT2D eigenvalue weighted by molar-refractivity contribution is 14.1. The maximum atomic E-state index is 4.30. The van der Waals surface area contributed by atoms with E-state index >= 15 is 0 Å². The van der Waals surface area contributed by atoms with E-state index in [1.807, 2.05) is 12.4 Å². The fourth-order valence-electron chi connectivity index (χ4n) is 2.69. The molecule has 21 heavy (non-hydrogen) atoms. The zero-order valence-electron chi connectivity index (χ0n) is 11.9. The second-order valence-corrected chi connectivity index (χ2v) is 6.12. The summed E-state index contributed by atoms with van der Waals surface area (Å²) in [5.41, 5.74) is 2.60. The highest BCUT2D eigenvalue weighted by Crippen LogP contribution is 2.30. The third-order valence-electron chi connectivity index (χ3n) is 3.65. The van der Waals surface area contributed by atoms with Gasteiger partial charge in [0, 0.05) is 21.4 Å². The van der Waals surface area contributed by atoms with Crippen molar-refractivity contribution in [1.82, 2.24) is 10.3 Å². The van der Waals surface area contributed by atoms with Crippen LogP contribution < -0.4 is 5.32 Å². The Kier molecular flexibility index (Phi) is 4.51. The summed E-state index contributed by atoms with van der Waals surface area (Å²) in [4.78, 5) is 4.30. The normalized spacial score (nSPS) is 12.5. The SMILES string of the molecule is CCNC(c1ccccc1I)c1cccc2ccncc12. The molecule has 2 nitrogen and oxygen atoms in total. The molecule has 0 amide bonds. The van der Waals surface area contributed by atoms with E-state index in [1.165, 1.54) is 25.5 Å². The first-order valence-electron chi connectivity index (χ1n) is 7.11. The average Bonchev–Trinajstić information content (AvgIpc) is 2.53. The Labute approximate surface area is 138 Å². The first-order valence-corrected chi connectivity index (χ1v) is 8.19. The number of hydrogen-bond donors (Lipinski definition) is 1. The lowest BCUT2D eigenvalue weighted by Gasteiger charge is -2.21. The van der Waals surface area contributed by atoms with Gasteiger partial charge in [-0.05, 0) is 57.8 Å². The topological polar surface area (TPSA) is 24.9 Å². The van der Waals surface area contributed by atoms with Crippen LogP contribution in [-0.4, -0.2) is 11.5 Å². The van der Waals surface area contributed by atoms with Crippen LogP contribution in [0.5, 0.6) is 0 Å². The molecule has 2 aromatic carbocycles. The van der Waals surface area contributed by atoms with Crippen LogP contribution in [0.15, 0.2) is 60.9 Å². The molecule has 3 aromatic rings. The van der Waals surface area contributed by atoms with Gasteiger partial charge in [-0.3, -0.25) is 4.98 Å². The third kappa shape index (κ3) is 2.94. The first kappa shape index (κ1) is 14.5. The van der Waals surface area contributed by atoms with Gasteiger partial charge in [0.1, 0.15) is 0 Å². The van der Waals surface area contributed by atoms with Crippen LogP contribution in [0.1, 0.15) is 24.1 Å². The molecule has 3 rings (SSSR count). The quantitative estimate of drug-likeness (QED) is 0.664. The van der Waals surface area contributed by atoms with E-state index in [0.29, 0.717) is 0 Å². The van der Waals surface area contributed by atoms with Gasteiger partial charge in [-0.15, -0.1) is 0 Å². The van der Waals surface area contributed by atoms with Crippen LogP contribution in [0, 0.1) is 3.57 Å². The molecule has 106 valence electrons. The highest BCUT2D eigenvalue weighted by atomic mass is 127. The van der Waals surface area contributed by atoms with Crippen LogP contribution in [0.4, 0.5) is 0 Å². The number of hydrogen-bond acceptors (Lipinski definition) is 2. The monoisotopic (exact) mass is 388 g/mol. The van der Waals surface area contributed by atoms with Gasteiger partial charge in [0.05, 0.1) is 6.04 Å². The molecule has 0 fully saturated rings. The maximum Gasteiger partial charge on any atom is 0.0593 e. The molecule has 1 unspecified atom stereocenters. The number of nitrogens with one attached hydrogen (secondary N) is 1. The van der Waals surface area contributed by atoms with Gasteiger partial charge in [-0.1, -0.05) is 43.3 Å². The van der Waals surface area contributed by atoms with Gasteiger partial charge in [-0.2, -0.15) is 0 Å². The molecule has 0 radical (unpaired) electrons. The number of aromatic nitrogens is 1. The van der Waals surface area contributed by atoms with Crippen LogP contribution in [-0.2, 0) is 0 Å². The molecule has 1 aromatic heterocycles. The van der Waals surface area contributed by atoms with E-state index in [0.717, 1.165) is 6.54 Å². The Morgan fingerprint density at radius 1 is 1.05 bits per heavy atom. The predicted octanol–water partition coefficient (Wildman–Crippen LogP) is 4.54. The van der Waals surface area contributed by atoms with E-state index in [4.69, 9.17) is 0 Å². The molecule has 0 spiro atoms. The van der Waals surface area contributed by atoms with Crippen molar-refractivity contribution in [2.75, 3.05) is 6.54 Å². The van der Waals surface area contributed by atoms with Gasteiger partial charge in [0.25, 0.3) is 0 Å². The van der Waals surface area contributed by atoms with Crippen molar-refractivity contribution < 1.29 is 0 Å². The van der Waals surface area contributed by atoms with Crippen molar-refractivity contribution in [1.29, 1.82) is 0 Å². The van der Waals surface area contributed by atoms with Crippen LogP contribution in [0.3, 0.4) is 0 Å². The predicted molar refractivity (Wildman–Crippen MR) is 96.4 cm³/mol. The molecule has 0 saturated heterocycles. The Morgan fingerprint density at radius 2 is 1.86 bits per heavy atom. The summed E-state index contributed by atoms with van der Waals surface area (Å²) in [7, 11) is 0. The van der Waals surface area contributed by atoms with Crippen LogP contribution in [0.25, 0.3) is 10.8 Å². The standard InChI is InChI=1S/C18H17IN2/c1-2-21-18(15-7-3-4-9-17(15)19)14-8-5-6-13-10-11-20-12-16(13)14/h3-12,18,21H,2H2,1H3. The molecule has 0 aliphatic carbocycles. The number of fused-ring (bicyclic) bond motifs is 1. The lowest BCUT2D eigenvalue weighted by molar-refractivity contribution is 0.632. The molecule has 1 heterocycles. The minimum Gasteiger partial charge on any atom is -0.306 e. The summed E-state index contributed by atoms with van der Waals surface area (Å²) in [6, 6.07) is 17.3. The zero-order chi connectivity index (χ0) is 14.7. The summed E-state index contributed by atoms with van der Waals surface area (Å²) in [6.45, 7) is 3.07. The minimum absolute atomic E-state index is 0.191. The fourth-order valence-corrected chi connectivity index (χ4v) is 3.39. The van der Waals surface area contributed by atoms with E-state index in [1.54, 1.807) is 0 Å². The molecule has 3 heteroatoms. The van der Waals surface area contributed by atoms with E-state index in [-0.39, 0.29) is 6.04 Å².